The molecule has 1 aromatic rings. The van der Waals surface area contributed by atoms with Crippen LogP contribution in [0.2, 0.25) is 0 Å². The molecule has 1 aromatic carbocycles. The lowest BCUT2D eigenvalue weighted by molar-refractivity contribution is -0.119. The second kappa shape index (κ2) is 5.62. The Balaban J connectivity index is 1.89. The molecule has 0 heterocycles. The Hall–Kier alpha value is -1.91. The van der Waals surface area contributed by atoms with Crippen molar-refractivity contribution < 1.29 is 14.3 Å². The molecule has 98 valence electrons. The largest absolute Gasteiger partial charge is 0.493 e. The zero-order valence-corrected chi connectivity index (χ0v) is 10.7. The highest BCUT2D eigenvalue weighted by atomic mass is 16.5. The Bertz CT molecular complexity index is 430. The van der Waals surface area contributed by atoms with E-state index in [1.54, 1.807) is 20.3 Å². The number of ether oxygens (including phenoxy) is 2. The first-order chi connectivity index (χ1) is 8.72. The Morgan fingerprint density at radius 2 is 2.00 bits per heavy atom. The van der Waals surface area contributed by atoms with Gasteiger partial charge in [0.25, 0.3) is 0 Å². The number of carbonyl (C=O) groups is 1. The Morgan fingerprint density at radius 3 is 2.61 bits per heavy atom. The first-order valence-electron chi connectivity index (χ1n) is 5.98. The van der Waals surface area contributed by atoms with Crippen LogP contribution in [0.1, 0.15) is 12.8 Å². The number of rotatable bonds is 6. The first-order valence-corrected chi connectivity index (χ1v) is 5.98. The number of amides is 1. The summed E-state index contributed by atoms with van der Waals surface area (Å²) in [5, 5.41) is 5.97. The molecule has 1 saturated carbocycles. The molecular formula is C13H18N2O3. The molecule has 0 bridgehead atoms. The third kappa shape index (κ3) is 3.29. The number of benzene rings is 1. The van der Waals surface area contributed by atoms with E-state index in [0.29, 0.717) is 17.5 Å². The van der Waals surface area contributed by atoms with Crippen LogP contribution in [-0.2, 0) is 4.79 Å². The molecule has 0 aromatic heterocycles. The monoisotopic (exact) mass is 250 g/mol. The van der Waals surface area contributed by atoms with Crippen molar-refractivity contribution in [2.45, 2.75) is 18.9 Å². The summed E-state index contributed by atoms with van der Waals surface area (Å²) in [6, 6.07) is 5.86. The van der Waals surface area contributed by atoms with Crippen molar-refractivity contribution in [2.24, 2.45) is 0 Å². The number of nitrogens with one attached hydrogen (secondary N) is 2. The van der Waals surface area contributed by atoms with E-state index in [4.69, 9.17) is 9.47 Å². The van der Waals surface area contributed by atoms with Gasteiger partial charge in [0, 0.05) is 17.8 Å². The van der Waals surface area contributed by atoms with Gasteiger partial charge in [-0.3, -0.25) is 4.79 Å². The summed E-state index contributed by atoms with van der Waals surface area (Å²) in [7, 11) is 3.18. The number of hydrogen-bond donors (Lipinski definition) is 2. The van der Waals surface area contributed by atoms with Crippen molar-refractivity contribution in [3.63, 3.8) is 0 Å². The molecule has 2 rings (SSSR count). The van der Waals surface area contributed by atoms with Crippen LogP contribution < -0.4 is 20.1 Å². The van der Waals surface area contributed by atoms with Crippen LogP contribution in [-0.4, -0.2) is 32.7 Å². The van der Waals surface area contributed by atoms with E-state index < -0.39 is 0 Å². The molecule has 0 aliphatic heterocycles. The van der Waals surface area contributed by atoms with E-state index in [9.17, 15) is 4.79 Å². The quantitative estimate of drug-likeness (QED) is 0.801. The molecule has 5 heteroatoms. The van der Waals surface area contributed by atoms with Gasteiger partial charge in [0.2, 0.25) is 5.91 Å². The van der Waals surface area contributed by atoms with Gasteiger partial charge in [-0.15, -0.1) is 0 Å². The van der Waals surface area contributed by atoms with Crippen LogP contribution in [0.25, 0.3) is 0 Å². The minimum absolute atomic E-state index is 0.0206. The Morgan fingerprint density at radius 1 is 1.28 bits per heavy atom. The number of carbonyl (C=O) groups excluding carboxylic acids is 1. The minimum Gasteiger partial charge on any atom is -0.493 e. The van der Waals surface area contributed by atoms with E-state index in [2.05, 4.69) is 10.6 Å². The van der Waals surface area contributed by atoms with Gasteiger partial charge in [-0.2, -0.15) is 0 Å². The molecule has 0 spiro atoms. The lowest BCUT2D eigenvalue weighted by Gasteiger charge is -2.11. The zero-order valence-electron chi connectivity index (χ0n) is 10.7. The van der Waals surface area contributed by atoms with Crippen molar-refractivity contribution in [1.29, 1.82) is 0 Å². The molecule has 1 fully saturated rings. The maximum Gasteiger partial charge on any atom is 0.239 e. The normalized spacial score (nSPS) is 13.9. The summed E-state index contributed by atoms with van der Waals surface area (Å²) >= 11 is 0. The third-order valence-electron chi connectivity index (χ3n) is 2.78. The SMILES string of the molecule is COc1ccc(NCC(=O)NC2CC2)cc1OC. The molecular weight excluding hydrogens is 232 g/mol. The minimum atomic E-state index is 0.0206. The molecule has 18 heavy (non-hydrogen) atoms. The van der Waals surface area contributed by atoms with Gasteiger partial charge < -0.3 is 20.1 Å². The van der Waals surface area contributed by atoms with Gasteiger partial charge in [0.1, 0.15) is 0 Å². The lowest BCUT2D eigenvalue weighted by Crippen LogP contribution is -2.31. The number of hydrogen-bond acceptors (Lipinski definition) is 4. The van der Waals surface area contributed by atoms with Gasteiger partial charge >= 0.3 is 0 Å². The standard InChI is InChI=1S/C13H18N2O3/c1-17-11-6-5-10(7-12(11)18-2)14-8-13(16)15-9-3-4-9/h5-7,9,14H,3-4,8H2,1-2H3,(H,15,16). The highest BCUT2D eigenvalue weighted by Crippen LogP contribution is 2.29. The fraction of sp³-hybridized carbons (Fsp3) is 0.462. The van der Waals surface area contributed by atoms with Crippen LogP contribution in [0.3, 0.4) is 0 Å². The van der Waals surface area contributed by atoms with Crippen LogP contribution in [0, 0.1) is 0 Å². The van der Waals surface area contributed by atoms with Crippen LogP contribution in [0.5, 0.6) is 11.5 Å². The lowest BCUT2D eigenvalue weighted by atomic mass is 10.2. The molecule has 1 aliphatic carbocycles. The zero-order chi connectivity index (χ0) is 13.0. The van der Waals surface area contributed by atoms with Gasteiger partial charge in [0.05, 0.1) is 20.8 Å². The molecule has 1 amide bonds. The van der Waals surface area contributed by atoms with Crippen LogP contribution >= 0.6 is 0 Å². The fourth-order valence-corrected chi connectivity index (χ4v) is 1.63. The summed E-state index contributed by atoms with van der Waals surface area (Å²) in [5.41, 5.74) is 0.832. The van der Waals surface area contributed by atoms with Gasteiger partial charge in [-0.25, -0.2) is 0 Å². The molecule has 1 aliphatic rings. The maximum absolute atomic E-state index is 11.5. The number of anilines is 1. The molecule has 5 nitrogen and oxygen atoms in total. The van der Waals surface area contributed by atoms with E-state index in [1.165, 1.54) is 0 Å². The summed E-state index contributed by atoms with van der Waals surface area (Å²) in [6.45, 7) is 0.270. The van der Waals surface area contributed by atoms with Crippen LogP contribution in [0.15, 0.2) is 18.2 Å². The summed E-state index contributed by atoms with van der Waals surface area (Å²) in [6.07, 6.45) is 2.20. The summed E-state index contributed by atoms with van der Waals surface area (Å²) in [4.78, 5) is 11.5. The topological polar surface area (TPSA) is 59.6 Å². The predicted molar refractivity (Wildman–Crippen MR) is 69.2 cm³/mol. The highest BCUT2D eigenvalue weighted by Gasteiger charge is 2.22. The first kappa shape index (κ1) is 12.5. The summed E-state index contributed by atoms with van der Waals surface area (Å²) in [5.74, 6) is 1.34. The van der Waals surface area contributed by atoms with Gasteiger partial charge in [0.15, 0.2) is 11.5 Å². The maximum atomic E-state index is 11.5. The van der Waals surface area contributed by atoms with Crippen molar-refractivity contribution in [2.75, 3.05) is 26.1 Å². The second-order valence-corrected chi connectivity index (χ2v) is 4.27. The van der Waals surface area contributed by atoms with E-state index in [0.717, 1.165) is 18.5 Å². The van der Waals surface area contributed by atoms with Crippen LogP contribution in [0.4, 0.5) is 5.69 Å². The van der Waals surface area contributed by atoms with Crippen molar-refractivity contribution >= 4 is 11.6 Å². The second-order valence-electron chi connectivity index (χ2n) is 4.27. The van der Waals surface area contributed by atoms with Crippen molar-refractivity contribution in [3.05, 3.63) is 18.2 Å². The smallest absolute Gasteiger partial charge is 0.239 e. The summed E-state index contributed by atoms with van der Waals surface area (Å²) < 4.78 is 10.3. The van der Waals surface area contributed by atoms with Gasteiger partial charge in [-0.05, 0) is 25.0 Å². The molecule has 2 N–H and O–H groups in total. The van der Waals surface area contributed by atoms with E-state index in [1.807, 2.05) is 12.1 Å². The molecule has 0 saturated heterocycles. The van der Waals surface area contributed by atoms with E-state index in [-0.39, 0.29) is 12.5 Å². The average molecular weight is 250 g/mol. The molecule has 0 atom stereocenters. The Kier molecular flexibility index (Phi) is 3.92. The highest BCUT2D eigenvalue weighted by molar-refractivity contribution is 5.81. The molecule has 0 unspecified atom stereocenters. The number of methoxy groups -OCH3 is 2. The average Bonchev–Trinajstić information content (AvgIpc) is 3.19. The Labute approximate surface area is 106 Å². The predicted octanol–water partition coefficient (Wildman–Crippen LogP) is 1.39. The third-order valence-corrected chi connectivity index (χ3v) is 2.78. The van der Waals surface area contributed by atoms with E-state index >= 15 is 0 Å². The fourth-order valence-electron chi connectivity index (χ4n) is 1.63. The molecule has 0 radical (unpaired) electrons. The van der Waals surface area contributed by atoms with Crippen molar-refractivity contribution in [3.8, 4) is 11.5 Å². The van der Waals surface area contributed by atoms with Gasteiger partial charge in [-0.1, -0.05) is 0 Å². The van der Waals surface area contributed by atoms with Crippen molar-refractivity contribution in [1.82, 2.24) is 5.32 Å².